The van der Waals surface area contributed by atoms with Crippen molar-refractivity contribution in [1.82, 2.24) is 4.98 Å². The van der Waals surface area contributed by atoms with E-state index < -0.39 is 11.6 Å². The number of nitrogens with zero attached hydrogens (tertiary/aromatic N) is 1. The summed E-state index contributed by atoms with van der Waals surface area (Å²) >= 11 is 0. The first-order valence-corrected chi connectivity index (χ1v) is 4.58. The summed E-state index contributed by atoms with van der Waals surface area (Å²) in [5, 5.41) is 2.70. The third-order valence-electron chi connectivity index (χ3n) is 1.97. The number of halogens is 2. The van der Waals surface area contributed by atoms with Crippen LogP contribution in [0.15, 0.2) is 36.7 Å². The van der Waals surface area contributed by atoms with Crippen LogP contribution in [0.4, 0.5) is 25.8 Å². The quantitative estimate of drug-likeness (QED) is 0.819. The van der Waals surface area contributed by atoms with Crippen molar-refractivity contribution in [2.45, 2.75) is 0 Å². The van der Waals surface area contributed by atoms with E-state index in [0.29, 0.717) is 11.4 Å². The Morgan fingerprint density at radius 2 is 1.94 bits per heavy atom. The van der Waals surface area contributed by atoms with Crippen LogP contribution in [0.5, 0.6) is 0 Å². The molecule has 2 aromatic rings. The highest BCUT2D eigenvalue weighted by Crippen LogP contribution is 2.21. The number of rotatable bonds is 2. The van der Waals surface area contributed by atoms with E-state index in [0.717, 1.165) is 18.2 Å². The zero-order valence-electron chi connectivity index (χ0n) is 8.24. The van der Waals surface area contributed by atoms with Gasteiger partial charge in [-0.1, -0.05) is 0 Å². The van der Waals surface area contributed by atoms with Crippen molar-refractivity contribution >= 4 is 17.1 Å². The first-order valence-electron chi connectivity index (χ1n) is 4.58. The van der Waals surface area contributed by atoms with Gasteiger partial charge in [-0.15, -0.1) is 0 Å². The predicted octanol–water partition coefficient (Wildman–Crippen LogP) is 2.69. The Labute approximate surface area is 90.9 Å². The first kappa shape index (κ1) is 10.4. The molecule has 0 aliphatic carbocycles. The van der Waals surface area contributed by atoms with E-state index in [1.165, 1.54) is 12.4 Å². The average Bonchev–Trinajstić information content (AvgIpc) is 2.24. The van der Waals surface area contributed by atoms with E-state index in [1.54, 1.807) is 6.07 Å². The third-order valence-corrected chi connectivity index (χ3v) is 1.97. The molecule has 16 heavy (non-hydrogen) atoms. The van der Waals surface area contributed by atoms with Gasteiger partial charge in [-0.25, -0.2) is 8.78 Å². The third kappa shape index (κ3) is 2.25. The van der Waals surface area contributed by atoms with Gasteiger partial charge in [0.1, 0.15) is 11.6 Å². The number of hydrogen-bond donors (Lipinski definition) is 2. The Hall–Kier alpha value is -2.17. The number of aromatic nitrogens is 1. The van der Waals surface area contributed by atoms with E-state index in [1.807, 2.05) is 0 Å². The van der Waals surface area contributed by atoms with Gasteiger partial charge < -0.3 is 11.1 Å². The molecule has 0 bridgehead atoms. The van der Waals surface area contributed by atoms with Crippen molar-refractivity contribution < 1.29 is 8.78 Å². The number of nitrogen functional groups attached to an aromatic ring is 1. The molecule has 0 atom stereocenters. The lowest BCUT2D eigenvalue weighted by molar-refractivity contribution is 0.603. The maximum Gasteiger partial charge on any atom is 0.146 e. The summed E-state index contributed by atoms with van der Waals surface area (Å²) in [6, 6.07) is 4.76. The van der Waals surface area contributed by atoms with Crippen molar-refractivity contribution in [2.24, 2.45) is 0 Å². The summed E-state index contributed by atoms with van der Waals surface area (Å²) in [5.41, 5.74) is 6.51. The van der Waals surface area contributed by atoms with Gasteiger partial charge in [0.05, 0.1) is 23.3 Å². The fourth-order valence-electron chi connectivity index (χ4n) is 1.27. The van der Waals surface area contributed by atoms with Crippen LogP contribution in [0.25, 0.3) is 0 Å². The van der Waals surface area contributed by atoms with Crippen molar-refractivity contribution in [2.75, 3.05) is 11.1 Å². The Bertz CT molecular complexity index is 514. The number of nitrogens with two attached hydrogens (primary N) is 1. The van der Waals surface area contributed by atoms with E-state index in [-0.39, 0.29) is 5.69 Å². The highest BCUT2D eigenvalue weighted by Gasteiger charge is 2.04. The molecule has 82 valence electrons. The molecule has 0 unspecified atom stereocenters. The van der Waals surface area contributed by atoms with Crippen molar-refractivity contribution in [3.05, 3.63) is 48.3 Å². The minimum atomic E-state index is -0.538. The number of anilines is 3. The molecule has 1 heterocycles. The van der Waals surface area contributed by atoms with Gasteiger partial charge >= 0.3 is 0 Å². The molecule has 0 radical (unpaired) electrons. The van der Waals surface area contributed by atoms with Gasteiger partial charge in [0.2, 0.25) is 0 Å². The molecule has 1 aromatic heterocycles. The molecule has 0 fully saturated rings. The molecule has 0 saturated carbocycles. The summed E-state index contributed by atoms with van der Waals surface area (Å²) in [4.78, 5) is 3.83. The van der Waals surface area contributed by atoms with Crippen LogP contribution in [-0.4, -0.2) is 4.98 Å². The molecule has 3 N–H and O–H groups in total. The largest absolute Gasteiger partial charge is 0.397 e. The average molecular weight is 221 g/mol. The molecule has 1 aromatic carbocycles. The summed E-state index contributed by atoms with van der Waals surface area (Å²) in [5.74, 6) is -1.05. The minimum absolute atomic E-state index is 0.0485. The van der Waals surface area contributed by atoms with Gasteiger partial charge in [0, 0.05) is 12.3 Å². The molecular weight excluding hydrogens is 212 g/mol. The van der Waals surface area contributed by atoms with Crippen molar-refractivity contribution in [1.29, 1.82) is 0 Å². The lowest BCUT2D eigenvalue weighted by Crippen LogP contribution is -1.96. The first-order chi connectivity index (χ1) is 7.65. The SMILES string of the molecule is Nc1cncc(Nc2cc(F)ccc2F)c1. The van der Waals surface area contributed by atoms with Crippen LogP contribution in [0.1, 0.15) is 0 Å². The molecule has 0 amide bonds. The lowest BCUT2D eigenvalue weighted by Gasteiger charge is -2.07. The predicted molar refractivity (Wildman–Crippen MR) is 58.3 cm³/mol. The van der Waals surface area contributed by atoms with Crippen LogP contribution in [0.3, 0.4) is 0 Å². The number of benzene rings is 1. The monoisotopic (exact) mass is 221 g/mol. The maximum atomic E-state index is 13.3. The smallest absolute Gasteiger partial charge is 0.146 e. The maximum absolute atomic E-state index is 13.3. The molecule has 0 spiro atoms. The molecule has 3 nitrogen and oxygen atoms in total. The normalized spacial score (nSPS) is 10.1. The lowest BCUT2D eigenvalue weighted by atomic mass is 10.2. The summed E-state index contributed by atoms with van der Waals surface area (Å²) < 4.78 is 26.2. The van der Waals surface area contributed by atoms with E-state index in [2.05, 4.69) is 10.3 Å². The molecule has 0 aliphatic rings. The van der Waals surface area contributed by atoms with Gasteiger partial charge in [-0.2, -0.15) is 0 Å². The Kier molecular flexibility index (Phi) is 2.68. The highest BCUT2D eigenvalue weighted by atomic mass is 19.1. The minimum Gasteiger partial charge on any atom is -0.397 e. The topological polar surface area (TPSA) is 50.9 Å². The fraction of sp³-hybridized carbons (Fsp3) is 0. The number of hydrogen-bond acceptors (Lipinski definition) is 3. The van der Waals surface area contributed by atoms with Crippen LogP contribution in [0, 0.1) is 11.6 Å². The van der Waals surface area contributed by atoms with Gasteiger partial charge in [0.15, 0.2) is 0 Å². The van der Waals surface area contributed by atoms with Crippen LogP contribution < -0.4 is 11.1 Å². The number of pyridine rings is 1. The molecule has 0 saturated heterocycles. The second-order valence-electron chi connectivity index (χ2n) is 3.26. The van der Waals surface area contributed by atoms with Gasteiger partial charge in [-0.3, -0.25) is 4.98 Å². The standard InChI is InChI=1S/C11H9F2N3/c12-7-1-2-10(13)11(3-7)16-9-4-8(14)5-15-6-9/h1-6,16H,14H2. The Morgan fingerprint density at radius 3 is 2.69 bits per heavy atom. The molecule has 5 heteroatoms. The Balaban J connectivity index is 2.30. The second-order valence-corrected chi connectivity index (χ2v) is 3.26. The zero-order valence-corrected chi connectivity index (χ0v) is 8.24. The summed E-state index contributed by atoms with van der Waals surface area (Å²) in [6.07, 6.45) is 2.94. The highest BCUT2D eigenvalue weighted by molar-refractivity contribution is 5.62. The van der Waals surface area contributed by atoms with Crippen LogP contribution in [0.2, 0.25) is 0 Å². The Morgan fingerprint density at radius 1 is 1.12 bits per heavy atom. The molecule has 0 aliphatic heterocycles. The van der Waals surface area contributed by atoms with Crippen LogP contribution in [-0.2, 0) is 0 Å². The summed E-state index contributed by atoms with van der Waals surface area (Å²) in [7, 11) is 0. The zero-order chi connectivity index (χ0) is 11.5. The van der Waals surface area contributed by atoms with Crippen molar-refractivity contribution in [3.8, 4) is 0 Å². The molecular formula is C11H9F2N3. The van der Waals surface area contributed by atoms with E-state index in [9.17, 15) is 8.78 Å². The molecule has 2 rings (SSSR count). The van der Waals surface area contributed by atoms with Gasteiger partial charge in [-0.05, 0) is 18.2 Å². The van der Waals surface area contributed by atoms with Crippen LogP contribution >= 0.6 is 0 Å². The number of nitrogens with one attached hydrogen (secondary N) is 1. The second kappa shape index (κ2) is 4.14. The van der Waals surface area contributed by atoms with Crippen molar-refractivity contribution in [3.63, 3.8) is 0 Å². The van der Waals surface area contributed by atoms with E-state index in [4.69, 9.17) is 5.73 Å². The summed E-state index contributed by atoms with van der Waals surface area (Å²) in [6.45, 7) is 0. The fourth-order valence-corrected chi connectivity index (χ4v) is 1.27. The van der Waals surface area contributed by atoms with Gasteiger partial charge in [0.25, 0.3) is 0 Å². The van der Waals surface area contributed by atoms with E-state index >= 15 is 0 Å².